The quantitative estimate of drug-likeness (QED) is 0.521. The van der Waals surface area contributed by atoms with Gasteiger partial charge in [0.2, 0.25) is 0 Å². The predicted molar refractivity (Wildman–Crippen MR) is 64.9 cm³/mol. The second kappa shape index (κ2) is 12.0. The van der Waals surface area contributed by atoms with Gasteiger partial charge in [-0.25, -0.2) is 0 Å². The van der Waals surface area contributed by atoms with Crippen molar-refractivity contribution in [2.24, 2.45) is 5.92 Å². The third-order valence-corrected chi connectivity index (χ3v) is 3.02. The summed E-state index contributed by atoms with van der Waals surface area (Å²) in [7, 11) is 0. The lowest BCUT2D eigenvalue weighted by atomic mass is 9.93. The summed E-state index contributed by atoms with van der Waals surface area (Å²) in [5, 5.41) is 17.6. The van der Waals surface area contributed by atoms with E-state index in [1.807, 2.05) is 0 Å². The Morgan fingerprint density at radius 1 is 0.733 bits per heavy atom. The molecular weight excluding hydrogens is 188 g/mol. The Bertz CT molecular complexity index is 115. The van der Waals surface area contributed by atoms with E-state index in [1.165, 1.54) is 38.5 Å². The van der Waals surface area contributed by atoms with Gasteiger partial charge in [0.15, 0.2) is 0 Å². The van der Waals surface area contributed by atoms with Crippen LogP contribution < -0.4 is 0 Å². The molecule has 0 aromatic rings. The largest absolute Gasteiger partial charge is 0.396 e. The van der Waals surface area contributed by atoms with Crippen LogP contribution in [0.5, 0.6) is 0 Å². The lowest BCUT2D eigenvalue weighted by Gasteiger charge is -2.14. The fourth-order valence-corrected chi connectivity index (χ4v) is 2.01. The van der Waals surface area contributed by atoms with Crippen LogP contribution in [0.15, 0.2) is 0 Å². The maximum atomic E-state index is 8.94. The molecule has 0 fully saturated rings. The molecule has 0 amide bonds. The lowest BCUT2D eigenvalue weighted by molar-refractivity contribution is 0.241. The van der Waals surface area contributed by atoms with Gasteiger partial charge in [-0.3, -0.25) is 0 Å². The first-order valence-corrected chi connectivity index (χ1v) is 6.56. The summed E-state index contributed by atoms with van der Waals surface area (Å²) in [6, 6.07) is 0. The molecule has 2 heteroatoms. The second-order valence-corrected chi connectivity index (χ2v) is 4.45. The molecule has 0 aliphatic rings. The van der Waals surface area contributed by atoms with Gasteiger partial charge in [0.25, 0.3) is 0 Å². The van der Waals surface area contributed by atoms with Crippen molar-refractivity contribution >= 4 is 0 Å². The second-order valence-electron chi connectivity index (χ2n) is 4.45. The molecule has 0 aliphatic heterocycles. The van der Waals surface area contributed by atoms with E-state index < -0.39 is 0 Å². The fourth-order valence-electron chi connectivity index (χ4n) is 2.01. The molecule has 0 rings (SSSR count). The Hall–Kier alpha value is -0.0800. The predicted octanol–water partition coefficient (Wildman–Crippen LogP) is 3.12. The fraction of sp³-hybridized carbons (Fsp3) is 1.00. The van der Waals surface area contributed by atoms with Crippen molar-refractivity contribution in [3.63, 3.8) is 0 Å². The summed E-state index contributed by atoms with van der Waals surface area (Å²) >= 11 is 0. The molecule has 15 heavy (non-hydrogen) atoms. The minimum absolute atomic E-state index is 0.329. The Kier molecular flexibility index (Phi) is 11.9. The van der Waals surface area contributed by atoms with E-state index in [-0.39, 0.29) is 0 Å². The summed E-state index contributed by atoms with van der Waals surface area (Å²) in [4.78, 5) is 0. The highest BCUT2D eigenvalue weighted by Gasteiger charge is 2.06. The number of unbranched alkanes of at least 4 members (excludes halogenated alkanes) is 4. The van der Waals surface area contributed by atoms with Crippen molar-refractivity contribution in [2.75, 3.05) is 13.2 Å². The molecule has 92 valence electrons. The highest BCUT2D eigenvalue weighted by molar-refractivity contribution is 4.59. The van der Waals surface area contributed by atoms with Gasteiger partial charge in [0, 0.05) is 13.2 Å². The number of aliphatic hydroxyl groups excluding tert-OH is 2. The van der Waals surface area contributed by atoms with Gasteiger partial charge in [-0.05, 0) is 18.8 Å². The van der Waals surface area contributed by atoms with E-state index >= 15 is 0 Å². The van der Waals surface area contributed by atoms with Crippen LogP contribution in [-0.4, -0.2) is 23.4 Å². The summed E-state index contributed by atoms with van der Waals surface area (Å²) in [6.07, 6.45) is 10.6. The van der Waals surface area contributed by atoms with Crippen molar-refractivity contribution in [1.29, 1.82) is 0 Å². The average molecular weight is 216 g/mol. The van der Waals surface area contributed by atoms with Gasteiger partial charge in [0.1, 0.15) is 0 Å². The van der Waals surface area contributed by atoms with Crippen LogP contribution in [0.4, 0.5) is 0 Å². The maximum Gasteiger partial charge on any atom is 0.0433 e. The zero-order valence-corrected chi connectivity index (χ0v) is 10.2. The summed E-state index contributed by atoms with van der Waals surface area (Å²) in [5.41, 5.74) is 0. The number of hydrogen-bond donors (Lipinski definition) is 2. The Morgan fingerprint density at radius 3 is 2.00 bits per heavy atom. The van der Waals surface area contributed by atoms with Crippen molar-refractivity contribution in [1.82, 2.24) is 0 Å². The van der Waals surface area contributed by atoms with Crippen molar-refractivity contribution < 1.29 is 10.2 Å². The molecule has 1 unspecified atom stereocenters. The minimum Gasteiger partial charge on any atom is -0.396 e. The third kappa shape index (κ3) is 10.2. The molecular formula is C13H28O2. The van der Waals surface area contributed by atoms with Gasteiger partial charge >= 0.3 is 0 Å². The molecule has 2 nitrogen and oxygen atoms in total. The Balaban J connectivity index is 3.38. The van der Waals surface area contributed by atoms with Crippen LogP contribution in [-0.2, 0) is 0 Å². The number of rotatable bonds is 11. The van der Waals surface area contributed by atoms with Crippen LogP contribution in [0, 0.1) is 5.92 Å². The molecule has 0 saturated carbocycles. The van der Waals surface area contributed by atoms with E-state index in [4.69, 9.17) is 10.2 Å². The molecule has 0 radical (unpaired) electrons. The zero-order valence-electron chi connectivity index (χ0n) is 10.2. The molecule has 0 aromatic carbocycles. The van der Waals surface area contributed by atoms with Crippen LogP contribution >= 0.6 is 0 Å². The molecule has 0 bridgehead atoms. The van der Waals surface area contributed by atoms with Crippen molar-refractivity contribution in [2.45, 2.75) is 64.7 Å². The first-order valence-electron chi connectivity index (χ1n) is 6.56. The van der Waals surface area contributed by atoms with E-state index in [2.05, 4.69) is 6.92 Å². The van der Waals surface area contributed by atoms with E-state index in [0.717, 1.165) is 25.2 Å². The summed E-state index contributed by atoms with van der Waals surface area (Å²) < 4.78 is 0. The molecule has 0 heterocycles. The van der Waals surface area contributed by atoms with Crippen LogP contribution in [0.3, 0.4) is 0 Å². The number of aliphatic hydroxyl groups is 2. The van der Waals surface area contributed by atoms with Crippen LogP contribution in [0.2, 0.25) is 0 Å². The van der Waals surface area contributed by atoms with Gasteiger partial charge in [0.05, 0.1) is 0 Å². The van der Waals surface area contributed by atoms with Gasteiger partial charge < -0.3 is 10.2 Å². The molecule has 2 N–H and O–H groups in total. The smallest absolute Gasteiger partial charge is 0.0433 e. The molecule has 0 aromatic heterocycles. The first kappa shape index (κ1) is 14.9. The standard InChI is InChI=1S/C13H28O2/c1-2-3-8-13(10-12-15)9-6-4-5-7-11-14/h13-15H,2-12H2,1H3. The Morgan fingerprint density at radius 2 is 1.40 bits per heavy atom. The third-order valence-electron chi connectivity index (χ3n) is 3.02. The van der Waals surface area contributed by atoms with Crippen LogP contribution in [0.25, 0.3) is 0 Å². The highest BCUT2D eigenvalue weighted by atomic mass is 16.3. The minimum atomic E-state index is 0.329. The topological polar surface area (TPSA) is 40.5 Å². The monoisotopic (exact) mass is 216 g/mol. The zero-order chi connectivity index (χ0) is 11.4. The highest BCUT2D eigenvalue weighted by Crippen LogP contribution is 2.20. The van der Waals surface area contributed by atoms with Gasteiger partial charge in [-0.2, -0.15) is 0 Å². The molecule has 1 atom stereocenters. The number of hydrogen-bond acceptors (Lipinski definition) is 2. The summed E-state index contributed by atoms with van der Waals surface area (Å²) in [6.45, 7) is 2.89. The maximum absolute atomic E-state index is 8.94. The van der Waals surface area contributed by atoms with Gasteiger partial charge in [-0.1, -0.05) is 51.9 Å². The average Bonchev–Trinajstić information content (AvgIpc) is 2.25. The normalized spacial score (nSPS) is 13.0. The van der Waals surface area contributed by atoms with Crippen molar-refractivity contribution in [3.8, 4) is 0 Å². The SMILES string of the molecule is CCCCC(CCO)CCCCCCO. The van der Waals surface area contributed by atoms with E-state index in [1.54, 1.807) is 0 Å². The lowest BCUT2D eigenvalue weighted by Crippen LogP contribution is -2.03. The molecule has 0 aliphatic carbocycles. The van der Waals surface area contributed by atoms with E-state index in [9.17, 15) is 0 Å². The van der Waals surface area contributed by atoms with Crippen molar-refractivity contribution in [3.05, 3.63) is 0 Å². The molecule has 0 spiro atoms. The van der Waals surface area contributed by atoms with E-state index in [0.29, 0.717) is 13.2 Å². The molecule has 0 saturated heterocycles. The Labute approximate surface area is 94.7 Å². The van der Waals surface area contributed by atoms with Crippen LogP contribution in [0.1, 0.15) is 64.7 Å². The summed E-state index contributed by atoms with van der Waals surface area (Å²) in [5.74, 6) is 0.726. The van der Waals surface area contributed by atoms with Gasteiger partial charge in [-0.15, -0.1) is 0 Å². The first-order chi connectivity index (χ1) is 7.35.